The van der Waals surface area contributed by atoms with E-state index in [9.17, 15) is 22.4 Å². The fourth-order valence-corrected chi connectivity index (χ4v) is 4.23. The van der Waals surface area contributed by atoms with Crippen LogP contribution in [0.15, 0.2) is 60.2 Å². The van der Waals surface area contributed by atoms with Gasteiger partial charge in [-0.1, -0.05) is 13.5 Å². The molecule has 184 valence electrons. The molecule has 0 spiro atoms. The van der Waals surface area contributed by atoms with Gasteiger partial charge in [-0.3, -0.25) is 14.3 Å². The van der Waals surface area contributed by atoms with Crippen LogP contribution in [0.5, 0.6) is 11.5 Å². The van der Waals surface area contributed by atoms with Gasteiger partial charge in [0.15, 0.2) is 17.0 Å². The van der Waals surface area contributed by atoms with Crippen LogP contribution in [0.25, 0.3) is 5.69 Å². The number of allylic oxidation sites excluding steroid dienone is 1. The third kappa shape index (κ3) is 5.68. The van der Waals surface area contributed by atoms with Crippen molar-refractivity contribution in [2.75, 3.05) is 10.5 Å². The lowest BCUT2D eigenvalue weighted by atomic mass is 10.1. The number of anilines is 1. The summed E-state index contributed by atoms with van der Waals surface area (Å²) < 4.78 is 48.4. The van der Waals surface area contributed by atoms with E-state index in [2.05, 4.69) is 11.3 Å². The Morgan fingerprint density at radius 3 is 2.37 bits per heavy atom. The summed E-state index contributed by atoms with van der Waals surface area (Å²) in [5, 5.41) is 0. The zero-order valence-electron chi connectivity index (χ0n) is 20.0. The first kappa shape index (κ1) is 25.9. The molecule has 0 atom stereocenters. The van der Waals surface area contributed by atoms with E-state index in [0.29, 0.717) is 40.3 Å². The summed E-state index contributed by atoms with van der Waals surface area (Å²) in [6.45, 7) is 10.2. The van der Waals surface area contributed by atoms with Crippen molar-refractivity contribution in [1.29, 1.82) is 0 Å². The smallest absolute Gasteiger partial charge is 0.232 e. The number of carbonyl (C=O) groups excluding carboxylic acids is 1. The molecule has 0 unspecified atom stereocenters. The number of ketones is 1. The number of ether oxygens (including phenoxy) is 1. The second-order valence-electron chi connectivity index (χ2n) is 8.01. The number of nitrogens with zero attached hydrogens (tertiary/aromatic N) is 1. The number of hydrogen-bond acceptors (Lipinski definition) is 5. The molecule has 0 fully saturated rings. The second-order valence-corrected chi connectivity index (χ2v) is 10.0. The zero-order valence-corrected chi connectivity index (χ0v) is 20.8. The van der Waals surface area contributed by atoms with Crippen molar-refractivity contribution in [2.24, 2.45) is 0 Å². The van der Waals surface area contributed by atoms with Gasteiger partial charge >= 0.3 is 0 Å². The van der Waals surface area contributed by atoms with Gasteiger partial charge < -0.3 is 9.30 Å². The van der Waals surface area contributed by atoms with Gasteiger partial charge in [0.2, 0.25) is 10.0 Å². The van der Waals surface area contributed by atoms with Crippen LogP contribution in [0.4, 0.5) is 10.1 Å². The van der Waals surface area contributed by atoms with Gasteiger partial charge in [0, 0.05) is 18.0 Å². The Labute approximate surface area is 203 Å². The summed E-state index contributed by atoms with van der Waals surface area (Å²) in [6, 6.07) is 7.36. The van der Waals surface area contributed by atoms with Crippen molar-refractivity contribution in [1.82, 2.24) is 4.57 Å². The summed E-state index contributed by atoms with van der Waals surface area (Å²) in [6.07, 6.45) is 4.38. The van der Waals surface area contributed by atoms with E-state index in [1.165, 1.54) is 25.3 Å². The molecule has 0 amide bonds. The van der Waals surface area contributed by atoms with Crippen LogP contribution >= 0.6 is 0 Å². The SMILES string of the molecule is C=CC(=O)c1cn(-c2cc(NS(=O)(=O)CC)ccc2Oc2c(C)cc(F)cc2C)cc(CC)c1=O. The molecule has 1 N–H and O–H groups in total. The fourth-order valence-electron chi connectivity index (χ4n) is 3.60. The molecular formula is C26H27FN2O5S. The van der Waals surface area contributed by atoms with Crippen LogP contribution in [0, 0.1) is 19.7 Å². The highest BCUT2D eigenvalue weighted by Crippen LogP contribution is 2.35. The maximum atomic E-state index is 13.8. The number of halogens is 1. The van der Waals surface area contributed by atoms with E-state index in [1.54, 1.807) is 49.7 Å². The Bertz CT molecular complexity index is 1450. The molecule has 35 heavy (non-hydrogen) atoms. The monoisotopic (exact) mass is 498 g/mol. The van der Waals surface area contributed by atoms with Gasteiger partial charge in [-0.05, 0) is 74.7 Å². The Morgan fingerprint density at radius 1 is 1.14 bits per heavy atom. The third-order valence-corrected chi connectivity index (χ3v) is 6.77. The van der Waals surface area contributed by atoms with Gasteiger partial charge in [0.25, 0.3) is 0 Å². The highest BCUT2D eigenvalue weighted by atomic mass is 32.2. The molecule has 3 aromatic rings. The van der Waals surface area contributed by atoms with Crippen molar-refractivity contribution < 1.29 is 22.3 Å². The molecule has 0 aliphatic heterocycles. The van der Waals surface area contributed by atoms with E-state index in [-0.39, 0.29) is 17.0 Å². The van der Waals surface area contributed by atoms with Gasteiger partial charge in [-0.25, -0.2) is 12.8 Å². The molecule has 2 aromatic carbocycles. The first-order valence-corrected chi connectivity index (χ1v) is 12.7. The van der Waals surface area contributed by atoms with Gasteiger partial charge in [-0.15, -0.1) is 0 Å². The number of rotatable bonds is 9. The largest absolute Gasteiger partial charge is 0.455 e. The average molecular weight is 499 g/mol. The quantitative estimate of drug-likeness (QED) is 0.328. The molecule has 0 aliphatic rings. The molecule has 0 bridgehead atoms. The van der Waals surface area contributed by atoms with Crippen LogP contribution in [0.3, 0.4) is 0 Å². The molecule has 1 aromatic heterocycles. The molecular weight excluding hydrogens is 471 g/mol. The summed E-state index contributed by atoms with van der Waals surface area (Å²) in [7, 11) is -3.57. The van der Waals surface area contributed by atoms with Crippen molar-refractivity contribution in [3.05, 3.63) is 93.7 Å². The molecule has 0 saturated heterocycles. The molecule has 1 heterocycles. The topological polar surface area (TPSA) is 94.5 Å². The minimum Gasteiger partial charge on any atom is -0.455 e. The van der Waals surface area contributed by atoms with Crippen molar-refractivity contribution in [3.63, 3.8) is 0 Å². The number of benzene rings is 2. The van der Waals surface area contributed by atoms with Crippen LogP contribution in [-0.4, -0.2) is 24.5 Å². The van der Waals surface area contributed by atoms with Crippen molar-refractivity contribution in [3.8, 4) is 17.2 Å². The average Bonchev–Trinajstić information content (AvgIpc) is 2.81. The minimum absolute atomic E-state index is 0.0704. The summed E-state index contributed by atoms with van der Waals surface area (Å²) in [5.41, 5.74) is 1.70. The van der Waals surface area contributed by atoms with Crippen molar-refractivity contribution in [2.45, 2.75) is 34.1 Å². The lowest BCUT2D eigenvalue weighted by molar-refractivity contribution is 0.104. The lowest BCUT2D eigenvalue weighted by Gasteiger charge is -2.19. The molecule has 7 nitrogen and oxygen atoms in total. The van der Waals surface area contributed by atoms with Gasteiger partial charge in [0.05, 0.1) is 22.7 Å². The van der Waals surface area contributed by atoms with E-state index in [1.807, 2.05) is 0 Å². The molecule has 3 rings (SSSR count). The molecule has 9 heteroatoms. The number of aromatic nitrogens is 1. The molecule has 0 radical (unpaired) electrons. The lowest BCUT2D eigenvalue weighted by Crippen LogP contribution is -2.20. The molecule has 0 aliphatic carbocycles. The first-order valence-electron chi connectivity index (χ1n) is 11.0. The standard InChI is InChI=1S/C26H27FN2O5S/c1-6-18-14-29(15-21(25(18)31)23(30)7-2)22-13-20(28-35(32,33)8-3)9-10-24(22)34-26-16(4)11-19(27)12-17(26)5/h7,9-15,28H,2,6,8H2,1,3-5H3. The first-order chi connectivity index (χ1) is 16.5. The van der Waals surface area contributed by atoms with E-state index in [0.717, 1.165) is 6.08 Å². The van der Waals surface area contributed by atoms with Crippen LogP contribution in [0.2, 0.25) is 0 Å². The highest BCUT2D eigenvalue weighted by molar-refractivity contribution is 7.92. The zero-order chi connectivity index (χ0) is 25.9. The van der Waals surface area contributed by atoms with E-state index < -0.39 is 27.1 Å². The van der Waals surface area contributed by atoms with E-state index in [4.69, 9.17) is 4.74 Å². The minimum atomic E-state index is -3.57. The van der Waals surface area contributed by atoms with Crippen LogP contribution in [0.1, 0.15) is 40.9 Å². The Balaban J connectivity index is 2.27. The number of hydrogen-bond donors (Lipinski definition) is 1. The highest BCUT2D eigenvalue weighted by Gasteiger charge is 2.18. The number of nitrogens with one attached hydrogen (secondary N) is 1. The number of pyridine rings is 1. The summed E-state index contributed by atoms with van der Waals surface area (Å²) in [4.78, 5) is 25.1. The summed E-state index contributed by atoms with van der Waals surface area (Å²) in [5.74, 6) is -0.296. The predicted octanol–water partition coefficient (Wildman–Crippen LogP) is 5.08. The van der Waals surface area contributed by atoms with Crippen LogP contribution < -0.4 is 14.9 Å². The Morgan fingerprint density at radius 2 is 1.80 bits per heavy atom. The number of carbonyl (C=O) groups is 1. The molecule has 0 saturated carbocycles. The van der Waals surface area contributed by atoms with Crippen molar-refractivity contribution >= 4 is 21.5 Å². The fraction of sp³-hybridized carbons (Fsp3) is 0.231. The predicted molar refractivity (Wildman–Crippen MR) is 135 cm³/mol. The van der Waals surface area contributed by atoms with E-state index >= 15 is 0 Å². The summed E-state index contributed by atoms with van der Waals surface area (Å²) >= 11 is 0. The Kier molecular flexibility index (Phi) is 7.60. The number of aryl methyl sites for hydroxylation is 3. The number of sulfonamides is 1. The third-order valence-electron chi connectivity index (χ3n) is 5.46. The van der Waals surface area contributed by atoms with Gasteiger partial charge in [0.1, 0.15) is 11.6 Å². The van der Waals surface area contributed by atoms with Gasteiger partial charge in [-0.2, -0.15) is 0 Å². The normalized spacial score (nSPS) is 11.2. The van der Waals surface area contributed by atoms with Crippen LogP contribution in [-0.2, 0) is 16.4 Å². The second kappa shape index (κ2) is 10.3. The maximum Gasteiger partial charge on any atom is 0.232 e. The Hall–Kier alpha value is -3.72. The maximum absolute atomic E-state index is 13.8.